The van der Waals surface area contributed by atoms with Crippen molar-refractivity contribution in [3.8, 4) is 5.69 Å². The Labute approximate surface area is 145 Å². The molecule has 0 fully saturated rings. The molecule has 1 amide bonds. The highest BCUT2D eigenvalue weighted by molar-refractivity contribution is 7.15. The first-order valence-electron chi connectivity index (χ1n) is 7.90. The monoisotopic (exact) mass is 340 g/mol. The molecule has 0 aliphatic rings. The van der Waals surface area contributed by atoms with Gasteiger partial charge in [-0.15, -0.1) is 10.2 Å². The van der Waals surface area contributed by atoms with Gasteiger partial charge in [0, 0.05) is 17.1 Å². The largest absolute Gasteiger partial charge is 0.317 e. The number of amides is 1. The zero-order valence-electron chi connectivity index (χ0n) is 14.3. The molecule has 3 rings (SSSR count). The van der Waals surface area contributed by atoms with E-state index in [0.717, 1.165) is 28.5 Å². The molecule has 0 unspecified atom stereocenters. The fraction of sp³-hybridized carbons (Fsp3) is 0.278. The SMILES string of the molecule is CCc1nnc(NC(=O)c2cc(C)n(-c3ccccc3C)c2C)s1. The van der Waals surface area contributed by atoms with Gasteiger partial charge in [0.2, 0.25) is 5.13 Å². The number of anilines is 1. The maximum atomic E-state index is 12.6. The van der Waals surface area contributed by atoms with Gasteiger partial charge in [-0.05, 0) is 44.9 Å². The van der Waals surface area contributed by atoms with E-state index >= 15 is 0 Å². The van der Waals surface area contributed by atoms with Crippen LogP contribution in [0.3, 0.4) is 0 Å². The number of benzene rings is 1. The molecule has 0 spiro atoms. The van der Waals surface area contributed by atoms with E-state index in [1.807, 2.05) is 39.0 Å². The molecule has 0 saturated heterocycles. The number of para-hydroxylation sites is 1. The Bertz CT molecular complexity index is 894. The molecule has 2 heterocycles. The van der Waals surface area contributed by atoms with Crippen LogP contribution in [0.15, 0.2) is 30.3 Å². The first kappa shape index (κ1) is 16.4. The summed E-state index contributed by atoms with van der Waals surface area (Å²) in [5, 5.41) is 12.4. The Morgan fingerprint density at radius 3 is 2.62 bits per heavy atom. The van der Waals surface area contributed by atoms with Gasteiger partial charge in [-0.3, -0.25) is 10.1 Å². The number of nitrogens with one attached hydrogen (secondary N) is 1. The fourth-order valence-corrected chi connectivity index (χ4v) is 3.46. The topological polar surface area (TPSA) is 59.8 Å². The summed E-state index contributed by atoms with van der Waals surface area (Å²) in [7, 11) is 0. The van der Waals surface area contributed by atoms with Gasteiger partial charge in [-0.2, -0.15) is 0 Å². The van der Waals surface area contributed by atoms with Crippen molar-refractivity contribution in [3.63, 3.8) is 0 Å². The molecule has 5 nitrogen and oxygen atoms in total. The summed E-state index contributed by atoms with van der Waals surface area (Å²) in [6.07, 6.45) is 0.815. The van der Waals surface area contributed by atoms with E-state index in [1.165, 1.54) is 16.9 Å². The maximum Gasteiger partial charge on any atom is 0.259 e. The number of carbonyl (C=O) groups is 1. The highest BCUT2D eigenvalue weighted by Gasteiger charge is 2.18. The average Bonchev–Trinajstić information content (AvgIpc) is 3.13. The summed E-state index contributed by atoms with van der Waals surface area (Å²) in [4.78, 5) is 12.6. The van der Waals surface area contributed by atoms with E-state index in [0.29, 0.717) is 10.7 Å². The maximum absolute atomic E-state index is 12.6. The predicted molar refractivity (Wildman–Crippen MR) is 97.2 cm³/mol. The second-order valence-electron chi connectivity index (χ2n) is 5.72. The van der Waals surface area contributed by atoms with Gasteiger partial charge >= 0.3 is 0 Å². The normalized spacial score (nSPS) is 10.8. The summed E-state index contributed by atoms with van der Waals surface area (Å²) >= 11 is 1.41. The van der Waals surface area contributed by atoms with Crippen LogP contribution in [0.4, 0.5) is 5.13 Å². The molecule has 24 heavy (non-hydrogen) atoms. The first-order chi connectivity index (χ1) is 11.5. The minimum absolute atomic E-state index is 0.151. The number of rotatable bonds is 4. The summed E-state index contributed by atoms with van der Waals surface area (Å²) < 4.78 is 2.11. The van der Waals surface area contributed by atoms with Gasteiger partial charge in [0.15, 0.2) is 0 Å². The summed E-state index contributed by atoms with van der Waals surface area (Å²) in [5.74, 6) is -0.151. The first-order valence-corrected chi connectivity index (χ1v) is 8.71. The highest BCUT2D eigenvalue weighted by atomic mass is 32.1. The van der Waals surface area contributed by atoms with E-state index in [9.17, 15) is 4.79 Å². The van der Waals surface area contributed by atoms with E-state index < -0.39 is 0 Å². The number of aryl methyl sites for hydroxylation is 3. The molecule has 0 saturated carbocycles. The average molecular weight is 340 g/mol. The lowest BCUT2D eigenvalue weighted by atomic mass is 10.2. The van der Waals surface area contributed by atoms with E-state index in [-0.39, 0.29) is 5.91 Å². The molecule has 2 aromatic heterocycles. The van der Waals surface area contributed by atoms with Crippen LogP contribution in [0.2, 0.25) is 0 Å². The Hall–Kier alpha value is -2.47. The van der Waals surface area contributed by atoms with Crippen LogP contribution in [-0.2, 0) is 6.42 Å². The van der Waals surface area contributed by atoms with Crippen molar-refractivity contribution in [3.05, 3.63) is 57.9 Å². The molecular formula is C18H20N4OS. The lowest BCUT2D eigenvalue weighted by molar-refractivity contribution is 0.102. The van der Waals surface area contributed by atoms with Crippen LogP contribution >= 0.6 is 11.3 Å². The number of aromatic nitrogens is 3. The van der Waals surface area contributed by atoms with Crippen LogP contribution in [0.5, 0.6) is 0 Å². The minimum atomic E-state index is -0.151. The van der Waals surface area contributed by atoms with Gasteiger partial charge in [-0.1, -0.05) is 36.5 Å². The van der Waals surface area contributed by atoms with Gasteiger partial charge in [0.25, 0.3) is 5.91 Å². The lowest BCUT2D eigenvalue weighted by Crippen LogP contribution is -2.13. The number of carbonyl (C=O) groups excluding carboxylic acids is 1. The Morgan fingerprint density at radius 2 is 1.96 bits per heavy atom. The summed E-state index contributed by atoms with van der Waals surface area (Å²) in [6.45, 7) is 8.06. The quantitative estimate of drug-likeness (QED) is 0.779. The zero-order chi connectivity index (χ0) is 17.3. The van der Waals surface area contributed by atoms with Crippen molar-refractivity contribution in [2.75, 3.05) is 5.32 Å². The molecule has 1 aromatic carbocycles. The van der Waals surface area contributed by atoms with E-state index in [4.69, 9.17) is 0 Å². The smallest absolute Gasteiger partial charge is 0.259 e. The molecule has 0 atom stereocenters. The summed E-state index contributed by atoms with van der Waals surface area (Å²) in [6, 6.07) is 10.1. The van der Waals surface area contributed by atoms with Gasteiger partial charge in [0.1, 0.15) is 5.01 Å². The Kier molecular flexibility index (Phi) is 4.49. The minimum Gasteiger partial charge on any atom is -0.317 e. The van der Waals surface area contributed by atoms with Gasteiger partial charge in [0.05, 0.1) is 5.56 Å². The molecular weight excluding hydrogens is 320 g/mol. The molecule has 3 aromatic rings. The van der Waals surface area contributed by atoms with Crippen molar-refractivity contribution in [1.29, 1.82) is 0 Å². The predicted octanol–water partition coefficient (Wildman–Crippen LogP) is 4.07. The third-order valence-electron chi connectivity index (χ3n) is 4.02. The van der Waals surface area contributed by atoms with E-state index in [2.05, 4.69) is 39.1 Å². The van der Waals surface area contributed by atoms with Crippen molar-refractivity contribution < 1.29 is 4.79 Å². The fourth-order valence-electron chi connectivity index (χ4n) is 2.79. The Balaban J connectivity index is 1.94. The third-order valence-corrected chi connectivity index (χ3v) is 5.00. The molecule has 1 N–H and O–H groups in total. The Morgan fingerprint density at radius 1 is 1.21 bits per heavy atom. The van der Waals surface area contributed by atoms with Gasteiger partial charge in [-0.25, -0.2) is 0 Å². The molecule has 124 valence electrons. The molecule has 0 aliphatic heterocycles. The molecule has 0 bridgehead atoms. The van der Waals surface area contributed by atoms with Crippen molar-refractivity contribution in [2.24, 2.45) is 0 Å². The van der Waals surface area contributed by atoms with Crippen LogP contribution in [0.1, 0.15) is 39.2 Å². The summed E-state index contributed by atoms with van der Waals surface area (Å²) in [5.41, 5.74) is 4.86. The van der Waals surface area contributed by atoms with Crippen LogP contribution in [-0.4, -0.2) is 20.7 Å². The standard InChI is InChI=1S/C18H20N4OS/c1-5-16-20-21-18(24-16)19-17(23)14-10-12(3)22(13(14)4)15-9-7-6-8-11(15)2/h6-10H,5H2,1-4H3,(H,19,21,23). The van der Waals surface area contributed by atoms with Crippen molar-refractivity contribution in [2.45, 2.75) is 34.1 Å². The highest BCUT2D eigenvalue weighted by Crippen LogP contribution is 2.24. The number of hydrogen-bond donors (Lipinski definition) is 1. The molecule has 0 radical (unpaired) electrons. The molecule has 6 heteroatoms. The third kappa shape index (κ3) is 2.97. The number of hydrogen-bond acceptors (Lipinski definition) is 4. The van der Waals surface area contributed by atoms with Crippen molar-refractivity contribution >= 4 is 22.4 Å². The van der Waals surface area contributed by atoms with Crippen LogP contribution in [0, 0.1) is 20.8 Å². The lowest BCUT2D eigenvalue weighted by Gasteiger charge is -2.12. The molecule has 0 aliphatic carbocycles. The second kappa shape index (κ2) is 6.57. The van der Waals surface area contributed by atoms with E-state index in [1.54, 1.807) is 0 Å². The van der Waals surface area contributed by atoms with Crippen LogP contribution < -0.4 is 5.32 Å². The van der Waals surface area contributed by atoms with Crippen molar-refractivity contribution in [1.82, 2.24) is 14.8 Å². The van der Waals surface area contributed by atoms with Gasteiger partial charge < -0.3 is 4.57 Å². The van der Waals surface area contributed by atoms with Crippen LogP contribution in [0.25, 0.3) is 5.69 Å². The second-order valence-corrected chi connectivity index (χ2v) is 6.78. The zero-order valence-corrected chi connectivity index (χ0v) is 15.1. The number of nitrogens with zero attached hydrogens (tertiary/aromatic N) is 3.